The van der Waals surface area contributed by atoms with Gasteiger partial charge in [-0.25, -0.2) is 4.39 Å². The molecule has 0 unspecified atom stereocenters. The highest BCUT2D eigenvalue weighted by molar-refractivity contribution is 6.04. The first-order valence-corrected chi connectivity index (χ1v) is 5.43. The van der Waals surface area contributed by atoms with E-state index in [2.05, 4.69) is 5.32 Å². The van der Waals surface area contributed by atoms with Crippen LogP contribution in [0, 0.1) is 12.7 Å². The second-order valence-corrected chi connectivity index (χ2v) is 3.92. The van der Waals surface area contributed by atoms with Gasteiger partial charge >= 0.3 is 0 Å². The number of carbonyl (C=O) groups excluding carboxylic acids is 1. The van der Waals surface area contributed by atoms with Gasteiger partial charge in [0.15, 0.2) is 0 Å². The zero-order chi connectivity index (χ0) is 13.1. The molecule has 2 N–H and O–H groups in total. The number of hydrogen-bond donors (Lipinski definition) is 2. The van der Waals surface area contributed by atoms with Crippen molar-refractivity contribution in [3.8, 4) is 5.75 Å². The van der Waals surface area contributed by atoms with Gasteiger partial charge in [0.05, 0.1) is 0 Å². The molecule has 0 radical (unpaired) electrons. The largest absolute Gasteiger partial charge is 0.508 e. The number of amides is 1. The number of carbonyl (C=O) groups is 1. The van der Waals surface area contributed by atoms with Crippen LogP contribution in [0.5, 0.6) is 5.75 Å². The second-order valence-electron chi connectivity index (χ2n) is 3.92. The van der Waals surface area contributed by atoms with Crippen LogP contribution in [0.15, 0.2) is 42.5 Å². The Hall–Kier alpha value is -2.36. The maximum Gasteiger partial charge on any atom is 0.255 e. The molecule has 0 aliphatic rings. The molecule has 1 amide bonds. The van der Waals surface area contributed by atoms with Crippen molar-refractivity contribution in [1.29, 1.82) is 0 Å². The summed E-state index contributed by atoms with van der Waals surface area (Å²) in [4.78, 5) is 11.9. The first kappa shape index (κ1) is 12.1. The van der Waals surface area contributed by atoms with Crippen LogP contribution in [-0.4, -0.2) is 11.0 Å². The van der Waals surface area contributed by atoms with Crippen molar-refractivity contribution in [2.75, 3.05) is 5.32 Å². The molecule has 0 spiro atoms. The summed E-state index contributed by atoms with van der Waals surface area (Å²) in [7, 11) is 0. The summed E-state index contributed by atoms with van der Waals surface area (Å²) >= 11 is 0. The molecule has 2 rings (SSSR count). The average molecular weight is 245 g/mol. The van der Waals surface area contributed by atoms with E-state index in [0.29, 0.717) is 16.8 Å². The quantitative estimate of drug-likeness (QED) is 0.854. The summed E-state index contributed by atoms with van der Waals surface area (Å²) in [6.45, 7) is 1.59. The molecule has 4 heteroatoms. The van der Waals surface area contributed by atoms with Crippen LogP contribution in [0.3, 0.4) is 0 Å². The molecular formula is C14H12FNO2. The Balaban J connectivity index is 2.24. The van der Waals surface area contributed by atoms with E-state index in [1.54, 1.807) is 25.1 Å². The number of phenols is 1. The van der Waals surface area contributed by atoms with Gasteiger partial charge in [0.2, 0.25) is 0 Å². The predicted octanol–water partition coefficient (Wildman–Crippen LogP) is 3.09. The van der Waals surface area contributed by atoms with Crippen LogP contribution < -0.4 is 5.32 Å². The number of rotatable bonds is 2. The number of nitrogens with one attached hydrogen (secondary N) is 1. The van der Waals surface area contributed by atoms with Crippen molar-refractivity contribution in [2.45, 2.75) is 6.92 Å². The molecule has 2 aromatic carbocycles. The fourth-order valence-electron chi connectivity index (χ4n) is 1.58. The Labute approximate surface area is 104 Å². The summed E-state index contributed by atoms with van der Waals surface area (Å²) in [5, 5.41) is 11.9. The van der Waals surface area contributed by atoms with E-state index in [1.165, 1.54) is 24.3 Å². The van der Waals surface area contributed by atoms with E-state index >= 15 is 0 Å². The topological polar surface area (TPSA) is 49.3 Å². The summed E-state index contributed by atoms with van der Waals surface area (Å²) in [6.07, 6.45) is 0. The third-order valence-electron chi connectivity index (χ3n) is 2.62. The summed E-state index contributed by atoms with van der Waals surface area (Å²) < 4.78 is 13.3. The molecule has 0 aliphatic carbocycles. The van der Waals surface area contributed by atoms with Gasteiger partial charge in [-0.1, -0.05) is 12.1 Å². The number of anilines is 1. The molecule has 0 bridgehead atoms. The van der Waals surface area contributed by atoms with Crippen LogP contribution >= 0.6 is 0 Å². The fourth-order valence-corrected chi connectivity index (χ4v) is 1.58. The van der Waals surface area contributed by atoms with Gasteiger partial charge in [0, 0.05) is 16.8 Å². The highest BCUT2D eigenvalue weighted by Crippen LogP contribution is 2.19. The number of hydrogen-bond acceptors (Lipinski definition) is 2. The zero-order valence-corrected chi connectivity index (χ0v) is 9.77. The highest BCUT2D eigenvalue weighted by atomic mass is 19.1. The van der Waals surface area contributed by atoms with Crippen molar-refractivity contribution >= 4 is 11.6 Å². The normalized spacial score (nSPS) is 10.1. The van der Waals surface area contributed by atoms with Crippen LogP contribution in [0.4, 0.5) is 10.1 Å². The summed E-state index contributed by atoms with van der Waals surface area (Å²) in [5.74, 6) is -0.748. The van der Waals surface area contributed by atoms with Crippen LogP contribution in [0.1, 0.15) is 15.9 Å². The Morgan fingerprint density at radius 3 is 2.67 bits per heavy atom. The Morgan fingerprint density at radius 2 is 1.94 bits per heavy atom. The van der Waals surface area contributed by atoms with Crippen LogP contribution in [0.2, 0.25) is 0 Å². The van der Waals surface area contributed by atoms with E-state index in [-0.39, 0.29) is 17.5 Å². The molecule has 0 fully saturated rings. The van der Waals surface area contributed by atoms with Crippen LogP contribution in [0.25, 0.3) is 0 Å². The smallest absolute Gasteiger partial charge is 0.255 e. The third-order valence-corrected chi connectivity index (χ3v) is 2.62. The molecule has 92 valence electrons. The van der Waals surface area contributed by atoms with Crippen molar-refractivity contribution in [2.24, 2.45) is 0 Å². The molecule has 3 nitrogen and oxygen atoms in total. The number of benzene rings is 2. The van der Waals surface area contributed by atoms with Gasteiger partial charge in [-0.05, 0) is 37.3 Å². The van der Waals surface area contributed by atoms with Gasteiger partial charge in [-0.2, -0.15) is 0 Å². The van der Waals surface area contributed by atoms with E-state index < -0.39 is 0 Å². The average Bonchev–Trinajstić information content (AvgIpc) is 2.35. The van der Waals surface area contributed by atoms with Gasteiger partial charge in [-0.15, -0.1) is 0 Å². The fraction of sp³-hybridized carbons (Fsp3) is 0.0714. The van der Waals surface area contributed by atoms with Gasteiger partial charge < -0.3 is 10.4 Å². The minimum Gasteiger partial charge on any atom is -0.508 e. The second kappa shape index (κ2) is 4.87. The van der Waals surface area contributed by atoms with Gasteiger partial charge in [0.1, 0.15) is 11.6 Å². The molecule has 0 atom stereocenters. The maximum atomic E-state index is 13.3. The zero-order valence-electron chi connectivity index (χ0n) is 9.77. The van der Waals surface area contributed by atoms with Crippen molar-refractivity contribution in [3.05, 3.63) is 59.4 Å². The molecule has 0 aliphatic heterocycles. The standard InChI is InChI=1S/C14H12FNO2/c1-9-12(15)6-3-7-13(9)16-14(18)10-4-2-5-11(17)8-10/h2-8,17H,1H3,(H,16,18). The number of halogens is 1. The third kappa shape index (κ3) is 2.48. The van der Waals surface area contributed by atoms with E-state index in [9.17, 15) is 14.3 Å². The molecule has 0 saturated carbocycles. The lowest BCUT2D eigenvalue weighted by molar-refractivity contribution is 0.102. The van der Waals surface area contributed by atoms with Crippen LogP contribution in [-0.2, 0) is 0 Å². The van der Waals surface area contributed by atoms with E-state index in [1.807, 2.05) is 0 Å². The first-order chi connectivity index (χ1) is 8.58. The molecule has 0 saturated heterocycles. The molecule has 18 heavy (non-hydrogen) atoms. The van der Waals surface area contributed by atoms with Gasteiger partial charge in [-0.3, -0.25) is 4.79 Å². The van der Waals surface area contributed by atoms with Crippen molar-refractivity contribution < 1.29 is 14.3 Å². The summed E-state index contributed by atoms with van der Waals surface area (Å²) in [6, 6.07) is 10.5. The lowest BCUT2D eigenvalue weighted by atomic mass is 10.1. The van der Waals surface area contributed by atoms with Gasteiger partial charge in [0.25, 0.3) is 5.91 Å². The Bertz CT molecular complexity index is 596. The van der Waals surface area contributed by atoms with Crippen molar-refractivity contribution in [1.82, 2.24) is 0 Å². The lowest BCUT2D eigenvalue weighted by Gasteiger charge is -2.09. The number of phenolic OH excluding ortho intramolecular Hbond substituents is 1. The van der Waals surface area contributed by atoms with Crippen molar-refractivity contribution in [3.63, 3.8) is 0 Å². The minimum absolute atomic E-state index is 0.0126. The molecule has 0 heterocycles. The Kier molecular flexibility index (Phi) is 3.28. The monoisotopic (exact) mass is 245 g/mol. The number of aromatic hydroxyl groups is 1. The Morgan fingerprint density at radius 1 is 1.22 bits per heavy atom. The first-order valence-electron chi connectivity index (χ1n) is 5.43. The van der Waals surface area contributed by atoms with E-state index in [0.717, 1.165) is 0 Å². The maximum absolute atomic E-state index is 13.3. The highest BCUT2D eigenvalue weighted by Gasteiger charge is 2.09. The molecular weight excluding hydrogens is 233 g/mol. The molecule has 2 aromatic rings. The lowest BCUT2D eigenvalue weighted by Crippen LogP contribution is -2.12. The summed E-state index contributed by atoms with van der Waals surface area (Å²) in [5.41, 5.74) is 1.12. The predicted molar refractivity (Wildman–Crippen MR) is 67.2 cm³/mol. The van der Waals surface area contributed by atoms with E-state index in [4.69, 9.17) is 0 Å². The minimum atomic E-state index is -0.389. The SMILES string of the molecule is Cc1c(F)cccc1NC(=O)c1cccc(O)c1. The molecule has 0 aromatic heterocycles.